The van der Waals surface area contributed by atoms with Crippen LogP contribution >= 0.6 is 11.3 Å². The summed E-state index contributed by atoms with van der Waals surface area (Å²) < 4.78 is 24.8. The van der Waals surface area contributed by atoms with Crippen LogP contribution < -0.4 is 5.32 Å². The summed E-state index contributed by atoms with van der Waals surface area (Å²) in [5, 5.41) is 15.9. The molecule has 7 heteroatoms. The number of unbranched alkanes of at least 4 members (excludes halogenated alkanes) is 1. The molecular formula is C22H26FNO4S. The second-order valence-corrected chi connectivity index (χ2v) is 7.81. The van der Waals surface area contributed by atoms with Crippen molar-refractivity contribution in [1.82, 2.24) is 5.32 Å². The fourth-order valence-electron chi connectivity index (χ4n) is 3.17. The number of hydrogen-bond acceptors (Lipinski definition) is 5. The summed E-state index contributed by atoms with van der Waals surface area (Å²) in [6.07, 6.45) is 3.33. The molecule has 1 aliphatic heterocycles. The first-order chi connectivity index (χ1) is 14.1. The standard InChI is InChI=1S/C22H26FNO4S/c1-15(16-4-6-19(23)7-5-16)24-22(26)20-12-18(17-8-11-29-14-17)13-21(28-20)27-10-3-2-9-25/h4-8,11-12,14-15,18,21,25H,2-3,9-10,13H2,1H3,(H,24,26)/t15-,18-,21+/m1/s1. The zero-order chi connectivity index (χ0) is 20.6. The summed E-state index contributed by atoms with van der Waals surface area (Å²) >= 11 is 1.61. The van der Waals surface area contributed by atoms with E-state index >= 15 is 0 Å². The van der Waals surface area contributed by atoms with Crippen molar-refractivity contribution in [3.05, 3.63) is 69.9 Å². The largest absolute Gasteiger partial charge is 0.459 e. The van der Waals surface area contributed by atoms with Gasteiger partial charge in [-0.3, -0.25) is 4.79 Å². The van der Waals surface area contributed by atoms with E-state index in [1.165, 1.54) is 12.1 Å². The zero-order valence-corrected chi connectivity index (χ0v) is 17.2. The van der Waals surface area contributed by atoms with E-state index in [1.54, 1.807) is 23.5 Å². The van der Waals surface area contributed by atoms with Crippen LogP contribution in [0.15, 0.2) is 52.9 Å². The van der Waals surface area contributed by atoms with Crippen LogP contribution in [0, 0.1) is 5.82 Å². The average molecular weight is 420 g/mol. The Bertz CT molecular complexity index is 807. The molecule has 3 rings (SSSR count). The Morgan fingerprint density at radius 3 is 2.83 bits per heavy atom. The van der Waals surface area contributed by atoms with Crippen molar-refractivity contribution in [2.75, 3.05) is 13.2 Å². The van der Waals surface area contributed by atoms with E-state index in [9.17, 15) is 9.18 Å². The van der Waals surface area contributed by atoms with E-state index in [0.717, 1.165) is 17.5 Å². The van der Waals surface area contributed by atoms with Crippen LogP contribution in [0.5, 0.6) is 0 Å². The van der Waals surface area contributed by atoms with Crippen molar-refractivity contribution < 1.29 is 23.8 Å². The van der Waals surface area contributed by atoms with Crippen LogP contribution in [-0.2, 0) is 14.3 Å². The number of ether oxygens (including phenoxy) is 2. The minimum Gasteiger partial charge on any atom is -0.459 e. The number of carbonyl (C=O) groups excluding carboxylic acids is 1. The smallest absolute Gasteiger partial charge is 0.286 e. The number of aliphatic hydroxyl groups excluding tert-OH is 1. The van der Waals surface area contributed by atoms with Gasteiger partial charge in [-0.25, -0.2) is 4.39 Å². The Kier molecular flexibility index (Phi) is 7.80. The van der Waals surface area contributed by atoms with E-state index < -0.39 is 6.29 Å². The lowest BCUT2D eigenvalue weighted by molar-refractivity contribution is -0.146. The molecule has 1 amide bonds. The number of thiophene rings is 1. The van der Waals surface area contributed by atoms with Gasteiger partial charge in [0.25, 0.3) is 5.91 Å². The second-order valence-electron chi connectivity index (χ2n) is 7.03. The van der Waals surface area contributed by atoms with Crippen LogP contribution in [0.1, 0.15) is 49.3 Å². The maximum absolute atomic E-state index is 13.1. The first kappa shape index (κ1) is 21.5. The molecule has 0 fully saturated rings. The van der Waals surface area contributed by atoms with Crippen molar-refractivity contribution in [1.29, 1.82) is 0 Å². The van der Waals surface area contributed by atoms with Crippen molar-refractivity contribution in [3.63, 3.8) is 0 Å². The molecule has 2 N–H and O–H groups in total. The van der Waals surface area contributed by atoms with Crippen molar-refractivity contribution in [2.24, 2.45) is 0 Å². The van der Waals surface area contributed by atoms with Crippen LogP contribution in [0.3, 0.4) is 0 Å². The van der Waals surface area contributed by atoms with Gasteiger partial charge in [0.15, 0.2) is 5.76 Å². The molecule has 0 saturated heterocycles. The zero-order valence-electron chi connectivity index (χ0n) is 16.3. The summed E-state index contributed by atoms with van der Waals surface area (Å²) in [6, 6.07) is 7.79. The minimum atomic E-state index is -0.523. The summed E-state index contributed by atoms with van der Waals surface area (Å²) in [7, 11) is 0. The Hall–Kier alpha value is -2.22. The Morgan fingerprint density at radius 2 is 2.14 bits per heavy atom. The molecule has 1 aromatic heterocycles. The number of aliphatic hydroxyl groups is 1. The molecule has 0 bridgehead atoms. The molecule has 156 valence electrons. The maximum atomic E-state index is 13.1. The lowest BCUT2D eigenvalue weighted by Gasteiger charge is -2.29. The topological polar surface area (TPSA) is 67.8 Å². The number of amides is 1. The number of hydrogen-bond donors (Lipinski definition) is 2. The molecule has 29 heavy (non-hydrogen) atoms. The van der Waals surface area contributed by atoms with Crippen LogP contribution in [0.25, 0.3) is 0 Å². The van der Waals surface area contributed by atoms with Gasteiger partial charge in [-0.1, -0.05) is 12.1 Å². The van der Waals surface area contributed by atoms with E-state index in [-0.39, 0.29) is 36.1 Å². The van der Waals surface area contributed by atoms with E-state index in [2.05, 4.69) is 10.7 Å². The highest BCUT2D eigenvalue weighted by molar-refractivity contribution is 7.08. The fourth-order valence-corrected chi connectivity index (χ4v) is 3.89. The van der Waals surface area contributed by atoms with Gasteiger partial charge in [0, 0.05) is 18.9 Å². The van der Waals surface area contributed by atoms with Gasteiger partial charge in [0.2, 0.25) is 6.29 Å². The first-order valence-electron chi connectivity index (χ1n) is 9.76. The van der Waals surface area contributed by atoms with Crippen LogP contribution in [-0.4, -0.2) is 30.5 Å². The van der Waals surface area contributed by atoms with Gasteiger partial charge in [0.1, 0.15) is 5.82 Å². The Morgan fingerprint density at radius 1 is 1.34 bits per heavy atom. The Labute approximate surface area is 174 Å². The van der Waals surface area contributed by atoms with Crippen molar-refractivity contribution in [2.45, 2.75) is 44.4 Å². The number of rotatable bonds is 9. The maximum Gasteiger partial charge on any atom is 0.286 e. The molecule has 1 aliphatic rings. The SMILES string of the molecule is C[C@@H](NC(=O)C1=C[C@@H](c2ccsc2)C[C@@H](OCCCCO)O1)c1ccc(F)cc1. The third-order valence-corrected chi connectivity index (χ3v) is 5.53. The third kappa shape index (κ3) is 6.13. The van der Waals surface area contributed by atoms with Crippen LogP contribution in [0.2, 0.25) is 0 Å². The molecule has 0 radical (unpaired) electrons. The molecule has 0 aliphatic carbocycles. The van der Waals surface area contributed by atoms with Crippen molar-refractivity contribution >= 4 is 17.2 Å². The highest BCUT2D eigenvalue weighted by Gasteiger charge is 2.29. The first-order valence-corrected chi connectivity index (χ1v) is 10.7. The Balaban J connectivity index is 1.68. The van der Waals surface area contributed by atoms with Gasteiger partial charge in [-0.15, -0.1) is 0 Å². The van der Waals surface area contributed by atoms with E-state index in [1.807, 2.05) is 24.4 Å². The molecule has 3 atom stereocenters. The van der Waals surface area contributed by atoms with Gasteiger partial charge in [0.05, 0.1) is 12.6 Å². The van der Waals surface area contributed by atoms with Crippen LogP contribution in [0.4, 0.5) is 4.39 Å². The van der Waals surface area contributed by atoms with Gasteiger partial charge < -0.3 is 19.9 Å². The minimum absolute atomic E-state index is 0.0275. The normalized spacial score (nSPS) is 19.9. The highest BCUT2D eigenvalue weighted by atomic mass is 32.1. The lowest BCUT2D eigenvalue weighted by atomic mass is 9.95. The molecule has 1 aromatic carbocycles. The average Bonchev–Trinajstić information content (AvgIpc) is 3.26. The summed E-state index contributed by atoms with van der Waals surface area (Å²) in [4.78, 5) is 12.8. The van der Waals surface area contributed by atoms with E-state index in [0.29, 0.717) is 19.4 Å². The summed E-state index contributed by atoms with van der Waals surface area (Å²) in [5.74, 6) is -0.385. The summed E-state index contributed by atoms with van der Waals surface area (Å²) in [6.45, 7) is 2.43. The third-order valence-electron chi connectivity index (χ3n) is 4.83. The number of benzene rings is 1. The van der Waals surface area contributed by atoms with Gasteiger partial charge >= 0.3 is 0 Å². The number of nitrogens with one attached hydrogen (secondary N) is 1. The molecule has 2 aromatic rings. The molecule has 0 spiro atoms. The predicted octanol–water partition coefficient (Wildman–Crippen LogP) is 4.27. The fraction of sp³-hybridized carbons (Fsp3) is 0.409. The number of allylic oxidation sites excluding steroid dienone is 1. The lowest BCUT2D eigenvalue weighted by Crippen LogP contribution is -2.34. The molecular weight excluding hydrogens is 393 g/mol. The molecule has 2 heterocycles. The predicted molar refractivity (Wildman–Crippen MR) is 110 cm³/mol. The quantitative estimate of drug-likeness (QED) is 0.596. The molecule has 0 unspecified atom stereocenters. The highest BCUT2D eigenvalue weighted by Crippen LogP contribution is 2.33. The number of halogens is 1. The van der Waals surface area contributed by atoms with Gasteiger partial charge in [-0.2, -0.15) is 11.3 Å². The van der Waals surface area contributed by atoms with Gasteiger partial charge in [-0.05, 0) is 65.9 Å². The monoisotopic (exact) mass is 419 g/mol. The number of carbonyl (C=O) groups is 1. The molecule has 5 nitrogen and oxygen atoms in total. The molecule has 0 saturated carbocycles. The second kappa shape index (κ2) is 10.5. The van der Waals surface area contributed by atoms with E-state index in [4.69, 9.17) is 14.6 Å². The van der Waals surface area contributed by atoms with Crippen molar-refractivity contribution in [3.8, 4) is 0 Å². The summed E-state index contributed by atoms with van der Waals surface area (Å²) in [5.41, 5.74) is 1.93.